The van der Waals surface area contributed by atoms with Crippen molar-refractivity contribution in [1.29, 1.82) is 0 Å². The fraction of sp³-hybridized carbons (Fsp3) is 0.500. The molecule has 1 unspecified atom stereocenters. The molecule has 0 spiro atoms. The van der Waals surface area contributed by atoms with Gasteiger partial charge in [0.1, 0.15) is 0 Å². The van der Waals surface area contributed by atoms with Crippen molar-refractivity contribution >= 4 is 22.9 Å². The zero-order valence-corrected chi connectivity index (χ0v) is 8.21. The van der Waals surface area contributed by atoms with E-state index >= 15 is 0 Å². The number of thiophene rings is 1. The van der Waals surface area contributed by atoms with E-state index in [9.17, 15) is 0 Å². The molecule has 0 bridgehead atoms. The van der Waals surface area contributed by atoms with E-state index < -0.39 is 0 Å². The molecular formula is C8H11ClN2S. The van der Waals surface area contributed by atoms with E-state index in [2.05, 4.69) is 16.7 Å². The summed E-state index contributed by atoms with van der Waals surface area (Å²) in [5, 5.41) is 8.79. The molecule has 0 aromatic carbocycles. The maximum atomic E-state index is 6.02. The molecule has 2 rings (SSSR count). The highest BCUT2D eigenvalue weighted by molar-refractivity contribution is 7.14. The molecule has 12 heavy (non-hydrogen) atoms. The van der Waals surface area contributed by atoms with Gasteiger partial charge in [-0.25, -0.2) is 0 Å². The van der Waals surface area contributed by atoms with Crippen molar-refractivity contribution in [1.82, 2.24) is 10.6 Å². The minimum absolute atomic E-state index is 0.400. The van der Waals surface area contributed by atoms with Crippen LogP contribution in [0.1, 0.15) is 11.6 Å². The Bertz CT molecular complexity index is 255. The standard InChI is InChI=1S/C8H11ClN2S/c9-8-6(1-4-12-8)7-5-10-2-3-11-7/h1,4,7,10-11H,2-3,5H2. The van der Waals surface area contributed by atoms with E-state index in [4.69, 9.17) is 11.6 Å². The molecule has 0 radical (unpaired) electrons. The Kier molecular flexibility index (Phi) is 2.66. The minimum Gasteiger partial charge on any atom is -0.314 e. The summed E-state index contributed by atoms with van der Waals surface area (Å²) in [6, 6.07) is 2.50. The second kappa shape index (κ2) is 3.75. The fourth-order valence-corrected chi connectivity index (χ4v) is 2.46. The van der Waals surface area contributed by atoms with Crippen LogP contribution in [0.15, 0.2) is 11.4 Å². The highest BCUT2D eigenvalue weighted by atomic mass is 35.5. The molecule has 1 aliphatic rings. The molecule has 1 saturated heterocycles. The molecule has 1 fully saturated rings. The van der Waals surface area contributed by atoms with Crippen molar-refractivity contribution in [3.63, 3.8) is 0 Å². The van der Waals surface area contributed by atoms with E-state index in [1.165, 1.54) is 5.56 Å². The zero-order chi connectivity index (χ0) is 8.39. The summed E-state index contributed by atoms with van der Waals surface area (Å²) in [5.74, 6) is 0. The van der Waals surface area contributed by atoms with Crippen molar-refractivity contribution < 1.29 is 0 Å². The van der Waals surface area contributed by atoms with Gasteiger partial charge in [0, 0.05) is 25.7 Å². The van der Waals surface area contributed by atoms with Gasteiger partial charge < -0.3 is 10.6 Å². The van der Waals surface area contributed by atoms with Gasteiger partial charge in [-0.05, 0) is 17.0 Å². The van der Waals surface area contributed by atoms with Crippen LogP contribution >= 0.6 is 22.9 Å². The van der Waals surface area contributed by atoms with Gasteiger partial charge >= 0.3 is 0 Å². The van der Waals surface area contributed by atoms with Crippen LogP contribution in [0.4, 0.5) is 0 Å². The lowest BCUT2D eigenvalue weighted by molar-refractivity contribution is 0.431. The molecule has 0 aliphatic carbocycles. The summed E-state index contributed by atoms with van der Waals surface area (Å²) in [6.07, 6.45) is 0. The minimum atomic E-state index is 0.400. The van der Waals surface area contributed by atoms with Crippen LogP contribution in [0.5, 0.6) is 0 Å². The summed E-state index contributed by atoms with van der Waals surface area (Å²) in [7, 11) is 0. The molecule has 0 saturated carbocycles. The lowest BCUT2D eigenvalue weighted by Crippen LogP contribution is -2.42. The van der Waals surface area contributed by atoms with Gasteiger partial charge in [-0.15, -0.1) is 11.3 Å². The van der Waals surface area contributed by atoms with E-state index in [1.54, 1.807) is 11.3 Å². The predicted molar refractivity (Wildman–Crippen MR) is 52.9 cm³/mol. The SMILES string of the molecule is Clc1sccc1C1CNCCN1. The highest BCUT2D eigenvalue weighted by Gasteiger charge is 2.17. The van der Waals surface area contributed by atoms with Crippen molar-refractivity contribution in [3.05, 3.63) is 21.3 Å². The quantitative estimate of drug-likeness (QED) is 0.724. The van der Waals surface area contributed by atoms with Gasteiger partial charge in [0.15, 0.2) is 0 Å². The average molecular weight is 203 g/mol. The molecule has 2 nitrogen and oxygen atoms in total. The molecule has 0 amide bonds. The van der Waals surface area contributed by atoms with Crippen molar-refractivity contribution in [2.24, 2.45) is 0 Å². The summed E-state index contributed by atoms with van der Waals surface area (Å²) in [6.45, 7) is 3.06. The Morgan fingerprint density at radius 3 is 3.00 bits per heavy atom. The number of halogens is 1. The maximum Gasteiger partial charge on any atom is 0.0976 e. The van der Waals surface area contributed by atoms with Gasteiger partial charge in [-0.3, -0.25) is 0 Å². The van der Waals surface area contributed by atoms with Gasteiger partial charge in [-0.2, -0.15) is 0 Å². The number of hydrogen-bond donors (Lipinski definition) is 2. The molecule has 66 valence electrons. The van der Waals surface area contributed by atoms with Gasteiger partial charge in [0.2, 0.25) is 0 Å². The zero-order valence-electron chi connectivity index (χ0n) is 6.64. The number of nitrogens with one attached hydrogen (secondary N) is 2. The lowest BCUT2D eigenvalue weighted by atomic mass is 10.1. The molecule has 1 atom stereocenters. The molecule has 1 aromatic heterocycles. The third kappa shape index (κ3) is 1.64. The van der Waals surface area contributed by atoms with Crippen LogP contribution < -0.4 is 10.6 Å². The third-order valence-corrected chi connectivity index (χ3v) is 3.26. The maximum absolute atomic E-state index is 6.02. The summed E-state index contributed by atoms with van der Waals surface area (Å²) in [4.78, 5) is 0. The number of rotatable bonds is 1. The monoisotopic (exact) mass is 202 g/mol. The first kappa shape index (κ1) is 8.51. The van der Waals surface area contributed by atoms with Crippen molar-refractivity contribution in [3.8, 4) is 0 Å². The largest absolute Gasteiger partial charge is 0.314 e. The molecule has 2 heterocycles. The topological polar surface area (TPSA) is 24.1 Å². The summed E-state index contributed by atoms with van der Waals surface area (Å²) in [5.41, 5.74) is 1.23. The lowest BCUT2D eigenvalue weighted by Gasteiger charge is -2.24. The van der Waals surface area contributed by atoms with E-state index in [1.807, 2.05) is 5.38 Å². The molecular weight excluding hydrogens is 192 g/mol. The second-order valence-electron chi connectivity index (χ2n) is 2.86. The van der Waals surface area contributed by atoms with Crippen LogP contribution in [0.2, 0.25) is 4.34 Å². The first-order valence-corrected chi connectivity index (χ1v) is 5.30. The Hall–Kier alpha value is -0.0900. The van der Waals surface area contributed by atoms with Gasteiger partial charge in [0.25, 0.3) is 0 Å². The summed E-state index contributed by atoms with van der Waals surface area (Å²) >= 11 is 7.62. The van der Waals surface area contributed by atoms with Crippen LogP contribution in [-0.4, -0.2) is 19.6 Å². The normalized spacial score (nSPS) is 24.2. The molecule has 1 aromatic rings. The second-order valence-corrected chi connectivity index (χ2v) is 4.38. The first-order chi connectivity index (χ1) is 5.88. The van der Waals surface area contributed by atoms with Gasteiger partial charge in [0.05, 0.1) is 4.34 Å². The van der Waals surface area contributed by atoms with Crippen LogP contribution in [0.3, 0.4) is 0 Å². The molecule has 4 heteroatoms. The van der Waals surface area contributed by atoms with Crippen LogP contribution in [0, 0.1) is 0 Å². The highest BCUT2D eigenvalue weighted by Crippen LogP contribution is 2.28. The van der Waals surface area contributed by atoms with E-state index in [0.29, 0.717) is 6.04 Å². The van der Waals surface area contributed by atoms with Crippen molar-refractivity contribution in [2.45, 2.75) is 6.04 Å². The molecule has 2 N–H and O–H groups in total. The van der Waals surface area contributed by atoms with E-state index in [0.717, 1.165) is 24.0 Å². The Morgan fingerprint density at radius 2 is 2.42 bits per heavy atom. The van der Waals surface area contributed by atoms with Crippen LogP contribution in [0.25, 0.3) is 0 Å². The molecule has 1 aliphatic heterocycles. The Balaban J connectivity index is 2.13. The predicted octanol–water partition coefficient (Wildman–Crippen LogP) is 1.64. The average Bonchev–Trinajstić information content (AvgIpc) is 2.53. The first-order valence-electron chi connectivity index (χ1n) is 4.05. The third-order valence-electron chi connectivity index (χ3n) is 2.06. The number of piperazine rings is 1. The summed E-state index contributed by atoms with van der Waals surface area (Å²) < 4.78 is 0.913. The van der Waals surface area contributed by atoms with Crippen LogP contribution in [-0.2, 0) is 0 Å². The van der Waals surface area contributed by atoms with Gasteiger partial charge in [-0.1, -0.05) is 11.6 Å². The fourth-order valence-electron chi connectivity index (χ4n) is 1.43. The smallest absolute Gasteiger partial charge is 0.0976 e. The Labute approximate surface area is 80.9 Å². The van der Waals surface area contributed by atoms with Crippen molar-refractivity contribution in [2.75, 3.05) is 19.6 Å². The van der Waals surface area contributed by atoms with E-state index in [-0.39, 0.29) is 0 Å². The Morgan fingerprint density at radius 1 is 1.50 bits per heavy atom. The number of hydrogen-bond acceptors (Lipinski definition) is 3.